The third kappa shape index (κ3) is 0.959. The molecule has 1 saturated heterocycles. The molecule has 0 aliphatic carbocycles. The Hall–Kier alpha value is -0.830. The Bertz CT molecular complexity index is 263. The molecular weight excluding hydrogens is 140 g/mol. The van der Waals surface area contributed by atoms with Crippen molar-refractivity contribution in [3.8, 4) is 0 Å². The highest BCUT2D eigenvalue weighted by Crippen LogP contribution is 2.36. The summed E-state index contributed by atoms with van der Waals surface area (Å²) in [5.41, 5.74) is -0.0838. The Morgan fingerprint density at radius 1 is 1.82 bits per heavy atom. The van der Waals surface area contributed by atoms with Crippen molar-refractivity contribution in [2.24, 2.45) is 0 Å². The quantitative estimate of drug-likeness (QED) is 0.595. The third-order valence-electron chi connectivity index (χ3n) is 2.11. The van der Waals surface area contributed by atoms with Gasteiger partial charge in [-0.1, -0.05) is 0 Å². The molecule has 0 spiro atoms. The molecule has 0 radical (unpaired) electrons. The number of rotatable bonds is 2. The van der Waals surface area contributed by atoms with E-state index in [1.165, 1.54) is 0 Å². The van der Waals surface area contributed by atoms with E-state index >= 15 is 0 Å². The minimum Gasteiger partial charge on any atom is -0.361 e. The molecule has 1 fully saturated rings. The van der Waals surface area contributed by atoms with E-state index in [4.69, 9.17) is 4.74 Å². The number of epoxide rings is 1. The fourth-order valence-electron chi connectivity index (χ4n) is 1.26. The maximum Gasteiger partial charge on any atom is 0.146 e. The van der Waals surface area contributed by atoms with Gasteiger partial charge in [0, 0.05) is 18.9 Å². The lowest BCUT2D eigenvalue weighted by atomic mass is 10.2. The van der Waals surface area contributed by atoms with Gasteiger partial charge in [-0.3, -0.25) is 0 Å². The zero-order valence-corrected chi connectivity index (χ0v) is 6.87. The standard InChI is InChI=1S/C8H12N2O/c1-3-10-5-4-9-7(10)8(2)6-11-8/h4-5H,3,6H2,1-2H3. The number of nitrogens with zero attached hydrogens (tertiary/aromatic N) is 2. The van der Waals surface area contributed by atoms with Gasteiger partial charge < -0.3 is 9.30 Å². The fraction of sp³-hybridized carbons (Fsp3) is 0.625. The van der Waals surface area contributed by atoms with Crippen molar-refractivity contribution in [2.75, 3.05) is 6.61 Å². The van der Waals surface area contributed by atoms with Crippen LogP contribution < -0.4 is 0 Å². The lowest BCUT2D eigenvalue weighted by Gasteiger charge is -2.06. The van der Waals surface area contributed by atoms with Crippen molar-refractivity contribution in [1.82, 2.24) is 9.55 Å². The SMILES string of the molecule is CCn1ccnc1C1(C)CO1. The third-order valence-corrected chi connectivity index (χ3v) is 2.11. The summed E-state index contributed by atoms with van der Waals surface area (Å²) in [5, 5.41) is 0. The maximum absolute atomic E-state index is 5.30. The van der Waals surface area contributed by atoms with E-state index in [0.29, 0.717) is 0 Å². The first-order valence-electron chi connectivity index (χ1n) is 3.92. The average Bonchev–Trinajstić information content (AvgIpc) is 2.61. The van der Waals surface area contributed by atoms with E-state index in [0.717, 1.165) is 19.0 Å². The monoisotopic (exact) mass is 152 g/mol. The molecule has 1 aliphatic rings. The molecule has 1 aromatic rings. The topological polar surface area (TPSA) is 30.4 Å². The zero-order chi connectivity index (χ0) is 7.90. The van der Waals surface area contributed by atoms with Gasteiger partial charge in [-0.15, -0.1) is 0 Å². The summed E-state index contributed by atoms with van der Waals surface area (Å²) in [6, 6.07) is 0. The Morgan fingerprint density at radius 2 is 2.55 bits per heavy atom. The van der Waals surface area contributed by atoms with Crippen LogP contribution in [0.15, 0.2) is 12.4 Å². The van der Waals surface area contributed by atoms with Crippen molar-refractivity contribution in [3.05, 3.63) is 18.2 Å². The molecule has 0 amide bonds. The molecule has 0 bridgehead atoms. The first kappa shape index (κ1) is 6.85. The molecule has 1 aromatic heterocycles. The van der Waals surface area contributed by atoms with Crippen molar-refractivity contribution >= 4 is 0 Å². The highest BCUT2D eigenvalue weighted by atomic mass is 16.6. The van der Waals surface area contributed by atoms with Crippen molar-refractivity contribution < 1.29 is 4.74 Å². The second-order valence-corrected chi connectivity index (χ2v) is 3.06. The van der Waals surface area contributed by atoms with Crippen LogP contribution in [0.4, 0.5) is 0 Å². The first-order valence-corrected chi connectivity index (χ1v) is 3.92. The Morgan fingerprint density at radius 3 is 3.09 bits per heavy atom. The normalized spacial score (nSPS) is 28.9. The predicted octanol–water partition coefficient (Wildman–Crippen LogP) is 1.15. The van der Waals surface area contributed by atoms with Crippen LogP contribution in [0.5, 0.6) is 0 Å². The van der Waals surface area contributed by atoms with Crippen LogP contribution in [0.3, 0.4) is 0 Å². The van der Waals surface area contributed by atoms with Crippen LogP contribution in [0.1, 0.15) is 19.7 Å². The number of aryl methyl sites for hydroxylation is 1. The molecule has 0 aromatic carbocycles. The van der Waals surface area contributed by atoms with Crippen LogP contribution in [0, 0.1) is 0 Å². The summed E-state index contributed by atoms with van der Waals surface area (Å²) in [6.45, 7) is 5.96. The van der Waals surface area contributed by atoms with E-state index in [2.05, 4.69) is 23.4 Å². The second kappa shape index (κ2) is 2.08. The molecule has 0 saturated carbocycles. The molecule has 3 nitrogen and oxygen atoms in total. The van der Waals surface area contributed by atoms with Crippen molar-refractivity contribution in [2.45, 2.75) is 26.0 Å². The lowest BCUT2D eigenvalue weighted by molar-refractivity contribution is 0.310. The minimum absolute atomic E-state index is 0.0838. The predicted molar refractivity (Wildman–Crippen MR) is 41.2 cm³/mol. The molecule has 11 heavy (non-hydrogen) atoms. The molecule has 0 N–H and O–H groups in total. The van der Waals surface area contributed by atoms with Crippen molar-refractivity contribution in [3.63, 3.8) is 0 Å². The average molecular weight is 152 g/mol. The van der Waals surface area contributed by atoms with E-state index in [9.17, 15) is 0 Å². The molecule has 1 atom stereocenters. The summed E-state index contributed by atoms with van der Waals surface area (Å²) in [6.07, 6.45) is 3.81. The zero-order valence-electron chi connectivity index (χ0n) is 6.87. The molecular formula is C8H12N2O. The van der Waals surface area contributed by atoms with Gasteiger partial charge in [0.2, 0.25) is 0 Å². The summed E-state index contributed by atoms with van der Waals surface area (Å²) in [5.74, 6) is 1.06. The molecule has 2 heterocycles. The van der Waals surface area contributed by atoms with Crippen LogP contribution in [0.2, 0.25) is 0 Å². The van der Waals surface area contributed by atoms with Gasteiger partial charge in [0.15, 0.2) is 0 Å². The minimum atomic E-state index is -0.0838. The van der Waals surface area contributed by atoms with E-state index in [1.54, 1.807) is 0 Å². The highest BCUT2D eigenvalue weighted by molar-refractivity contribution is 5.09. The van der Waals surface area contributed by atoms with E-state index in [1.807, 2.05) is 12.4 Å². The Labute approximate surface area is 66.0 Å². The number of aromatic nitrogens is 2. The van der Waals surface area contributed by atoms with Gasteiger partial charge in [-0.25, -0.2) is 4.98 Å². The van der Waals surface area contributed by atoms with Crippen LogP contribution in [-0.2, 0) is 16.9 Å². The summed E-state index contributed by atoms with van der Waals surface area (Å²) < 4.78 is 7.42. The Balaban J connectivity index is 2.36. The number of ether oxygens (including phenoxy) is 1. The van der Waals surface area contributed by atoms with Crippen molar-refractivity contribution in [1.29, 1.82) is 0 Å². The van der Waals surface area contributed by atoms with Gasteiger partial charge >= 0.3 is 0 Å². The van der Waals surface area contributed by atoms with Gasteiger partial charge in [-0.05, 0) is 13.8 Å². The van der Waals surface area contributed by atoms with Gasteiger partial charge in [-0.2, -0.15) is 0 Å². The largest absolute Gasteiger partial charge is 0.361 e. The van der Waals surface area contributed by atoms with E-state index < -0.39 is 0 Å². The molecule has 1 aliphatic heterocycles. The summed E-state index contributed by atoms with van der Waals surface area (Å²) in [7, 11) is 0. The fourth-order valence-corrected chi connectivity index (χ4v) is 1.26. The summed E-state index contributed by atoms with van der Waals surface area (Å²) in [4.78, 5) is 4.26. The van der Waals surface area contributed by atoms with Crippen LogP contribution in [-0.4, -0.2) is 16.2 Å². The molecule has 60 valence electrons. The first-order chi connectivity index (χ1) is 5.26. The smallest absolute Gasteiger partial charge is 0.146 e. The van der Waals surface area contributed by atoms with Gasteiger partial charge in [0.05, 0.1) is 6.61 Å². The number of hydrogen-bond donors (Lipinski definition) is 0. The highest BCUT2D eigenvalue weighted by Gasteiger charge is 2.44. The van der Waals surface area contributed by atoms with Crippen LogP contribution >= 0.6 is 0 Å². The van der Waals surface area contributed by atoms with Gasteiger partial charge in [0.1, 0.15) is 11.4 Å². The second-order valence-electron chi connectivity index (χ2n) is 3.06. The van der Waals surface area contributed by atoms with E-state index in [-0.39, 0.29) is 5.60 Å². The van der Waals surface area contributed by atoms with Gasteiger partial charge in [0.25, 0.3) is 0 Å². The van der Waals surface area contributed by atoms with Crippen LogP contribution in [0.25, 0.3) is 0 Å². The maximum atomic E-state index is 5.30. The molecule has 2 rings (SSSR count). The number of hydrogen-bond acceptors (Lipinski definition) is 2. The molecule has 3 heteroatoms. The summed E-state index contributed by atoms with van der Waals surface area (Å²) >= 11 is 0. The molecule has 1 unspecified atom stereocenters. The lowest BCUT2D eigenvalue weighted by Crippen LogP contribution is -2.11. The Kier molecular flexibility index (Phi) is 1.29. The number of imidazole rings is 1.